The monoisotopic (exact) mass is 1250 g/mol. The molecule has 0 unspecified atom stereocenters. The van der Waals surface area contributed by atoms with Gasteiger partial charge < -0.3 is 82.1 Å². The summed E-state index contributed by atoms with van der Waals surface area (Å²) in [5, 5.41) is 121. The van der Waals surface area contributed by atoms with E-state index in [-0.39, 0.29) is 51.9 Å². The van der Waals surface area contributed by atoms with Crippen molar-refractivity contribution < 1.29 is 110 Å². The van der Waals surface area contributed by atoms with E-state index in [2.05, 4.69) is 22.5 Å². The summed E-state index contributed by atoms with van der Waals surface area (Å²) in [7, 11) is 0. The lowest BCUT2D eigenvalue weighted by Gasteiger charge is -2.38. The van der Waals surface area contributed by atoms with E-state index >= 15 is 0 Å². The third-order valence-electron chi connectivity index (χ3n) is 16.4. The summed E-state index contributed by atoms with van der Waals surface area (Å²) in [6.07, 6.45) is -21.4. The minimum absolute atomic E-state index is 0.00611. The van der Waals surface area contributed by atoms with Gasteiger partial charge in [-0.05, 0) is 37.8 Å². The van der Waals surface area contributed by atoms with Crippen LogP contribution in [0.25, 0.3) is 0 Å². The molecule has 21 atom stereocenters. The van der Waals surface area contributed by atoms with Gasteiger partial charge in [0.25, 0.3) is 0 Å². The van der Waals surface area contributed by atoms with Gasteiger partial charge in [0.1, 0.15) is 0 Å². The number of hydrogen-bond acceptors (Lipinski definition) is 18. The highest BCUT2D eigenvalue weighted by molar-refractivity contribution is 5.15. The van der Waals surface area contributed by atoms with Crippen molar-refractivity contribution in [3.63, 3.8) is 0 Å². The number of rotatable bonds is 16. The summed E-state index contributed by atoms with van der Waals surface area (Å²) in [4.78, 5) is 5.21. The first-order chi connectivity index (χ1) is 40.0. The molecule has 6 aliphatic heterocycles. The fraction of sp³-hybridized carbons (Fsp3) is 0.857. The van der Waals surface area contributed by atoms with Crippen LogP contribution in [-0.2, 0) is 6.54 Å². The maximum absolute atomic E-state index is 12.8. The van der Waals surface area contributed by atoms with Gasteiger partial charge in [-0.1, -0.05) is 70.5 Å². The molecular formula is C56H97F11N6O12. The van der Waals surface area contributed by atoms with Gasteiger partial charge in [0.2, 0.25) is 32.1 Å². The predicted molar refractivity (Wildman–Crippen MR) is 295 cm³/mol. The fourth-order valence-corrected chi connectivity index (χ4v) is 11.2. The van der Waals surface area contributed by atoms with E-state index in [1.54, 1.807) is 34.6 Å². The Morgan fingerprint density at radius 1 is 0.471 bits per heavy atom. The topological polar surface area (TPSA) is 289 Å². The average molecular weight is 1260 g/mol. The SMILES string of the molecule is C=CCN1C[C@@H](O)[C@H](O)[C@@H](C(F)F)C1.CCCCN1C[C@@H](O)[C@H](O)[C@@H](C(F)F)C1.CC[C@@H]1NC[C@@H](O)[C@H](O)[C@H]1C(F)F.CC[C@H]1NC[C@@H](O)[C@H](O)[C@H]1C(F)F.CC[C@H]1NC[C@@H](O)[C@H](O)[C@H]1CF.O[C@H]1[C@H](O)CN(Cc2ccccc2)C[C@@H]1C(F)F. The van der Waals surface area contributed by atoms with Gasteiger partial charge in [-0.25, -0.2) is 43.9 Å². The molecule has 6 aliphatic rings. The first-order valence-electron chi connectivity index (χ1n) is 29.2. The van der Waals surface area contributed by atoms with E-state index in [1.165, 1.54) is 0 Å². The molecule has 500 valence electrons. The van der Waals surface area contributed by atoms with Gasteiger partial charge in [0.05, 0.1) is 110 Å². The van der Waals surface area contributed by atoms with Crippen LogP contribution < -0.4 is 16.0 Å². The molecule has 15 N–H and O–H groups in total. The molecule has 0 spiro atoms. The molecule has 1 aromatic carbocycles. The predicted octanol–water partition coefficient (Wildman–Crippen LogP) is 1.52. The summed E-state index contributed by atoms with van der Waals surface area (Å²) < 4.78 is 138. The van der Waals surface area contributed by atoms with Crippen LogP contribution in [0.5, 0.6) is 0 Å². The molecule has 29 heteroatoms. The summed E-state index contributed by atoms with van der Waals surface area (Å²) in [6, 6.07) is 8.67. The highest BCUT2D eigenvalue weighted by Gasteiger charge is 2.45. The second kappa shape index (κ2) is 40.3. The Balaban J connectivity index is 0.000000350. The zero-order chi connectivity index (χ0) is 64.4. The molecular weight excluding hydrogens is 1160 g/mol. The number of piperidine rings is 6. The van der Waals surface area contributed by atoms with E-state index < -0.39 is 160 Å². The number of alkyl halides is 11. The Labute approximate surface area is 491 Å². The number of hydrogen-bond donors (Lipinski definition) is 15. The van der Waals surface area contributed by atoms with Crippen molar-refractivity contribution in [2.45, 2.75) is 190 Å². The van der Waals surface area contributed by atoms with Gasteiger partial charge in [0.15, 0.2) is 0 Å². The molecule has 0 bridgehead atoms. The molecule has 6 fully saturated rings. The molecule has 6 saturated heterocycles. The van der Waals surface area contributed by atoms with Gasteiger partial charge in [0, 0.05) is 96.0 Å². The Morgan fingerprint density at radius 2 is 0.835 bits per heavy atom. The number of halogens is 11. The van der Waals surface area contributed by atoms with Gasteiger partial charge >= 0.3 is 0 Å². The van der Waals surface area contributed by atoms with Crippen molar-refractivity contribution in [3.05, 3.63) is 48.6 Å². The average Bonchev–Trinajstić information content (AvgIpc) is 3.66. The maximum atomic E-state index is 12.8. The Kier molecular flexibility index (Phi) is 37.2. The van der Waals surface area contributed by atoms with Crippen molar-refractivity contribution in [3.8, 4) is 0 Å². The summed E-state index contributed by atoms with van der Waals surface area (Å²) >= 11 is 0. The van der Waals surface area contributed by atoms with Crippen molar-refractivity contribution in [2.24, 2.45) is 35.5 Å². The van der Waals surface area contributed by atoms with Crippen LogP contribution in [0.15, 0.2) is 43.0 Å². The van der Waals surface area contributed by atoms with Crippen LogP contribution in [-0.4, -0.2) is 278 Å². The lowest BCUT2D eigenvalue weighted by molar-refractivity contribution is -0.118. The summed E-state index contributed by atoms with van der Waals surface area (Å²) in [5.74, 6) is -6.25. The maximum Gasteiger partial charge on any atom is 0.245 e. The minimum atomic E-state index is -2.62. The van der Waals surface area contributed by atoms with E-state index in [1.807, 2.05) is 44.2 Å². The summed E-state index contributed by atoms with van der Waals surface area (Å²) in [6.45, 7) is 13.9. The van der Waals surface area contributed by atoms with Crippen LogP contribution in [0.4, 0.5) is 48.3 Å². The van der Waals surface area contributed by atoms with E-state index in [0.29, 0.717) is 45.6 Å². The lowest BCUT2D eigenvalue weighted by atomic mass is 9.85. The number of β-amino-alcohol motifs (C(OH)–C–C–N with tert-alkyl or cyclic N) is 6. The first kappa shape index (κ1) is 78.6. The second-order valence-electron chi connectivity index (χ2n) is 22.6. The number of unbranched alkanes of at least 4 members (excludes halogenated alkanes) is 1. The molecule has 7 rings (SSSR count). The van der Waals surface area contributed by atoms with E-state index in [0.717, 1.165) is 24.8 Å². The van der Waals surface area contributed by atoms with Crippen LogP contribution in [0.1, 0.15) is 65.4 Å². The number of nitrogens with zero attached hydrogens (tertiary/aromatic N) is 3. The van der Waals surface area contributed by atoms with Crippen molar-refractivity contribution in [1.82, 2.24) is 30.7 Å². The van der Waals surface area contributed by atoms with Crippen LogP contribution >= 0.6 is 0 Å². The zero-order valence-electron chi connectivity index (χ0n) is 48.8. The molecule has 6 heterocycles. The number of likely N-dealkylation sites (tertiary alicyclic amines) is 3. The Morgan fingerprint density at radius 3 is 1.20 bits per heavy atom. The standard InChI is InChI=1S/C13H17F2NO2.C10H19F2NO2.C9H15F2NO2.2C8H15F2NO2.C8H16FNO2/c14-13(15)10-7-16(8-11(17)12(10)18)6-9-4-2-1-3-5-9;1-2-3-4-13-5-7(10(11)12)9(15)8(14)6-13;1-2-3-12-4-6(9(10)11)8(14)7(13)5-12;2*1-2-4-6(8(9)10)7(13)5(12)3-11-4;1-2-6-5(3-9)8(12)7(11)4-10-6/h1-5,10-13,17-18H,6-8H2;7-10,14-15H,2-6H2,1H3;2,6-9,13-14H,1,3-5H2;2*4-8,11-13H,2-3H2,1H3;5-8,10-12H,2-4H2,1H3/t10-,11+,12+;7-,8+,9+;6-,7+,8+;4-,5+,6-,7-;4-,5-,6+,7+;5-,6+,7+,8+/m000010/s1. The molecule has 0 saturated carbocycles. The number of aliphatic hydroxyl groups is 12. The fourth-order valence-electron chi connectivity index (χ4n) is 11.2. The van der Waals surface area contributed by atoms with Crippen molar-refractivity contribution in [1.29, 1.82) is 0 Å². The molecule has 85 heavy (non-hydrogen) atoms. The molecule has 0 aromatic heterocycles. The quantitative estimate of drug-likeness (QED) is 0.0825. The third kappa shape index (κ3) is 25.0. The number of aliphatic hydroxyl groups excluding tert-OH is 12. The molecule has 0 aliphatic carbocycles. The Hall–Kier alpha value is -2.53. The van der Waals surface area contributed by atoms with Crippen molar-refractivity contribution in [2.75, 3.05) is 78.7 Å². The Bertz CT molecular complexity index is 1860. The third-order valence-corrected chi connectivity index (χ3v) is 16.4. The van der Waals surface area contributed by atoms with E-state index in [9.17, 15) is 99.4 Å². The second-order valence-corrected chi connectivity index (χ2v) is 22.6. The number of benzene rings is 1. The number of nitrogens with one attached hydrogen (secondary N) is 3. The van der Waals surface area contributed by atoms with Crippen LogP contribution in [0.3, 0.4) is 0 Å². The van der Waals surface area contributed by atoms with Gasteiger partial charge in [-0.2, -0.15) is 0 Å². The zero-order valence-corrected chi connectivity index (χ0v) is 48.8. The summed E-state index contributed by atoms with van der Waals surface area (Å²) in [5.41, 5.74) is 1.01. The normalized spacial score (nSPS) is 36.6. The molecule has 1 aromatic rings. The highest BCUT2D eigenvalue weighted by atomic mass is 19.3. The minimum Gasteiger partial charge on any atom is -0.390 e. The van der Waals surface area contributed by atoms with Gasteiger partial charge in [-0.3, -0.25) is 14.2 Å². The molecule has 18 nitrogen and oxygen atoms in total. The van der Waals surface area contributed by atoms with E-state index in [4.69, 9.17) is 10.2 Å². The lowest BCUT2D eigenvalue weighted by Crippen LogP contribution is -2.58. The van der Waals surface area contributed by atoms with Gasteiger partial charge in [-0.15, -0.1) is 6.58 Å². The van der Waals surface area contributed by atoms with Crippen LogP contribution in [0.2, 0.25) is 0 Å². The molecule has 0 radical (unpaired) electrons. The largest absolute Gasteiger partial charge is 0.390 e. The molecule has 0 amide bonds. The van der Waals surface area contributed by atoms with Crippen LogP contribution in [0, 0.1) is 35.5 Å². The first-order valence-corrected chi connectivity index (χ1v) is 29.2. The highest BCUT2D eigenvalue weighted by Crippen LogP contribution is 2.30. The smallest absolute Gasteiger partial charge is 0.245 e. The van der Waals surface area contributed by atoms with Crippen molar-refractivity contribution >= 4 is 0 Å².